The number of esters is 1. The molecule has 0 heterocycles. The second-order valence-electron chi connectivity index (χ2n) is 5.42. The summed E-state index contributed by atoms with van der Waals surface area (Å²) in [6.07, 6.45) is 4.98. The minimum Gasteiger partial charge on any atom is -0.549 e. The molecule has 0 aliphatic rings. The highest BCUT2D eigenvalue weighted by atomic mass is 28.4. The highest BCUT2D eigenvalue weighted by molar-refractivity contribution is 6.74. The molecule has 0 aliphatic heterocycles. The molecule has 0 atom stereocenters. The van der Waals surface area contributed by atoms with Crippen LogP contribution < -0.4 is 0 Å². The van der Waals surface area contributed by atoms with Gasteiger partial charge >= 0.3 is 5.97 Å². The van der Waals surface area contributed by atoms with Crippen molar-refractivity contribution in [1.82, 2.24) is 0 Å². The zero-order chi connectivity index (χ0) is 13.7. The first-order valence-corrected chi connectivity index (χ1v) is 8.65. The Kier molecular flexibility index (Phi) is 5.68. The van der Waals surface area contributed by atoms with Gasteiger partial charge in [-0.1, -0.05) is 26.8 Å². The lowest BCUT2D eigenvalue weighted by atomic mass is 10.2. The van der Waals surface area contributed by atoms with E-state index in [1.54, 1.807) is 25.3 Å². The molecule has 0 aromatic carbocycles. The lowest BCUT2D eigenvalue weighted by molar-refractivity contribution is -0.135. The summed E-state index contributed by atoms with van der Waals surface area (Å²) in [4.78, 5) is 11.3. The number of carbonyl (C=O) groups excluding carboxylic acids is 1. The van der Waals surface area contributed by atoms with Gasteiger partial charge in [0.15, 0.2) is 0 Å². The van der Waals surface area contributed by atoms with Crippen LogP contribution in [0.15, 0.2) is 24.0 Å². The van der Waals surface area contributed by atoms with E-state index in [9.17, 15) is 4.79 Å². The molecule has 0 saturated heterocycles. The smallest absolute Gasteiger partial charge is 0.337 e. The molecule has 0 spiro atoms. The van der Waals surface area contributed by atoms with E-state index in [4.69, 9.17) is 4.43 Å². The van der Waals surface area contributed by atoms with Gasteiger partial charge in [0.05, 0.1) is 18.9 Å². The number of allylic oxidation sites excluding steroid dienone is 1. The van der Waals surface area contributed by atoms with Gasteiger partial charge in [0, 0.05) is 0 Å². The Labute approximate surface area is 106 Å². The summed E-state index contributed by atoms with van der Waals surface area (Å²) >= 11 is 0. The van der Waals surface area contributed by atoms with Crippen molar-refractivity contribution in [3.05, 3.63) is 24.0 Å². The SMILES string of the molecule is C/C=C(\C=C\O[Si](C)(C)C(C)(C)C)C(=O)OC. The predicted octanol–water partition coefficient (Wildman–Crippen LogP) is 3.64. The fraction of sp³-hybridized carbons (Fsp3) is 0.615. The van der Waals surface area contributed by atoms with E-state index < -0.39 is 8.32 Å². The second kappa shape index (κ2) is 6.05. The molecule has 17 heavy (non-hydrogen) atoms. The summed E-state index contributed by atoms with van der Waals surface area (Å²) < 4.78 is 10.5. The standard InChI is InChI=1S/C13H24O3Si/c1-8-11(12(14)15-5)9-10-16-17(6,7)13(2,3)4/h8-10H,1-7H3/b10-9+,11-8+. The minimum atomic E-state index is -1.80. The van der Waals surface area contributed by atoms with Crippen molar-refractivity contribution < 1.29 is 14.0 Å². The number of hydrogen-bond donors (Lipinski definition) is 0. The average Bonchev–Trinajstić information content (AvgIpc) is 2.21. The molecule has 0 aliphatic carbocycles. The summed E-state index contributed by atoms with van der Waals surface area (Å²) in [7, 11) is -0.426. The van der Waals surface area contributed by atoms with Gasteiger partial charge in [0.2, 0.25) is 8.32 Å². The Morgan fingerprint density at radius 2 is 1.76 bits per heavy atom. The molecular formula is C13H24O3Si. The van der Waals surface area contributed by atoms with Gasteiger partial charge in [-0.05, 0) is 31.1 Å². The van der Waals surface area contributed by atoms with Crippen molar-refractivity contribution >= 4 is 14.3 Å². The van der Waals surface area contributed by atoms with Gasteiger partial charge < -0.3 is 9.16 Å². The molecule has 3 nitrogen and oxygen atoms in total. The third-order valence-corrected chi connectivity index (χ3v) is 7.49. The maximum absolute atomic E-state index is 11.3. The van der Waals surface area contributed by atoms with Crippen LogP contribution >= 0.6 is 0 Å². The van der Waals surface area contributed by atoms with E-state index in [-0.39, 0.29) is 11.0 Å². The molecule has 0 unspecified atom stereocenters. The summed E-state index contributed by atoms with van der Waals surface area (Å²) in [5, 5.41) is 0.151. The van der Waals surface area contributed by atoms with E-state index in [0.717, 1.165) is 0 Å². The number of rotatable bonds is 4. The van der Waals surface area contributed by atoms with Crippen molar-refractivity contribution in [3.63, 3.8) is 0 Å². The molecule has 0 aromatic rings. The molecule has 0 aromatic heterocycles. The topological polar surface area (TPSA) is 35.5 Å². The second-order valence-corrected chi connectivity index (χ2v) is 10.2. The molecule has 98 valence electrons. The van der Waals surface area contributed by atoms with Crippen LogP contribution in [0.3, 0.4) is 0 Å². The monoisotopic (exact) mass is 256 g/mol. The van der Waals surface area contributed by atoms with Crippen LogP contribution in [-0.4, -0.2) is 21.4 Å². The van der Waals surface area contributed by atoms with Gasteiger partial charge in [-0.3, -0.25) is 0 Å². The van der Waals surface area contributed by atoms with Crippen molar-refractivity contribution in [1.29, 1.82) is 0 Å². The third-order valence-electron chi connectivity index (χ3n) is 3.15. The predicted molar refractivity (Wildman–Crippen MR) is 73.2 cm³/mol. The van der Waals surface area contributed by atoms with Crippen molar-refractivity contribution in [3.8, 4) is 0 Å². The van der Waals surface area contributed by atoms with Gasteiger partial charge in [-0.15, -0.1) is 0 Å². The maximum Gasteiger partial charge on any atom is 0.337 e. The van der Waals surface area contributed by atoms with Crippen molar-refractivity contribution in [2.75, 3.05) is 7.11 Å². The molecule has 0 bridgehead atoms. The molecule has 4 heteroatoms. The zero-order valence-corrected chi connectivity index (χ0v) is 13.0. The fourth-order valence-electron chi connectivity index (χ4n) is 0.854. The number of hydrogen-bond acceptors (Lipinski definition) is 3. The van der Waals surface area contributed by atoms with Crippen molar-refractivity contribution in [2.24, 2.45) is 0 Å². The third kappa shape index (κ3) is 4.77. The highest BCUT2D eigenvalue weighted by Gasteiger charge is 2.37. The summed E-state index contributed by atoms with van der Waals surface area (Å²) in [6.45, 7) is 12.6. The first-order chi connectivity index (χ1) is 7.65. The normalized spacial score (nSPS) is 13.9. The molecule has 0 radical (unpaired) electrons. The van der Waals surface area contributed by atoms with E-state index in [2.05, 4.69) is 38.6 Å². The Morgan fingerprint density at radius 1 is 1.24 bits per heavy atom. The Balaban J connectivity index is 4.62. The zero-order valence-electron chi connectivity index (χ0n) is 12.0. The lowest BCUT2D eigenvalue weighted by Gasteiger charge is -2.34. The maximum atomic E-state index is 11.3. The van der Waals surface area contributed by atoms with Crippen LogP contribution in [0.1, 0.15) is 27.7 Å². The summed E-state index contributed by atoms with van der Waals surface area (Å²) in [6, 6.07) is 0. The van der Waals surface area contributed by atoms with Crippen LogP contribution in [0.25, 0.3) is 0 Å². The summed E-state index contributed by atoms with van der Waals surface area (Å²) in [5.41, 5.74) is 0.506. The largest absolute Gasteiger partial charge is 0.549 e. The molecule has 0 N–H and O–H groups in total. The molecule has 0 rings (SSSR count). The van der Waals surface area contributed by atoms with Crippen LogP contribution in [0.2, 0.25) is 18.1 Å². The fourth-order valence-corrected chi connectivity index (χ4v) is 1.62. The van der Waals surface area contributed by atoms with Crippen LogP contribution in [0.4, 0.5) is 0 Å². The Hall–Kier alpha value is -1.03. The number of carbonyl (C=O) groups is 1. The van der Waals surface area contributed by atoms with Crippen LogP contribution in [0, 0.1) is 0 Å². The Bertz CT molecular complexity index is 322. The molecule has 0 fully saturated rings. The number of ether oxygens (including phenoxy) is 1. The first-order valence-electron chi connectivity index (χ1n) is 5.74. The van der Waals surface area contributed by atoms with E-state index in [0.29, 0.717) is 5.57 Å². The highest BCUT2D eigenvalue weighted by Crippen LogP contribution is 2.36. The van der Waals surface area contributed by atoms with Crippen LogP contribution in [-0.2, 0) is 14.0 Å². The van der Waals surface area contributed by atoms with Gasteiger partial charge in [-0.2, -0.15) is 0 Å². The quantitative estimate of drug-likeness (QED) is 0.253. The lowest BCUT2D eigenvalue weighted by Crippen LogP contribution is -2.39. The van der Waals surface area contributed by atoms with E-state index in [1.165, 1.54) is 7.11 Å². The van der Waals surface area contributed by atoms with E-state index in [1.807, 2.05) is 0 Å². The minimum absolute atomic E-state index is 0.151. The first kappa shape index (κ1) is 16.0. The van der Waals surface area contributed by atoms with Crippen LogP contribution in [0.5, 0.6) is 0 Å². The molecular weight excluding hydrogens is 232 g/mol. The van der Waals surface area contributed by atoms with E-state index >= 15 is 0 Å². The Morgan fingerprint density at radius 3 is 2.12 bits per heavy atom. The van der Waals surface area contributed by atoms with Gasteiger partial charge in [0.1, 0.15) is 0 Å². The molecule has 0 saturated carbocycles. The number of methoxy groups -OCH3 is 1. The average molecular weight is 256 g/mol. The van der Waals surface area contributed by atoms with Gasteiger partial charge in [0.25, 0.3) is 0 Å². The summed E-state index contributed by atoms with van der Waals surface area (Å²) in [5.74, 6) is -0.345. The molecule has 0 amide bonds. The van der Waals surface area contributed by atoms with Crippen molar-refractivity contribution in [2.45, 2.75) is 45.8 Å². The van der Waals surface area contributed by atoms with Gasteiger partial charge in [-0.25, -0.2) is 4.79 Å².